The lowest BCUT2D eigenvalue weighted by Crippen LogP contribution is -3.98. The fourth-order valence-corrected chi connectivity index (χ4v) is 0.976. The van der Waals surface area contributed by atoms with Crippen LogP contribution in [-0.2, 0) is 6.42 Å². The van der Waals surface area contributed by atoms with Crippen LogP contribution in [0.5, 0.6) is 0 Å². The van der Waals surface area contributed by atoms with Gasteiger partial charge in [0.1, 0.15) is 5.82 Å². The summed E-state index contributed by atoms with van der Waals surface area (Å²) < 4.78 is 24.5. The molecule has 0 saturated heterocycles. The smallest absolute Gasteiger partial charge is 0.396 e. The Balaban J connectivity index is 0.000000364. The highest BCUT2D eigenvalue weighted by Crippen LogP contribution is 2.03. The second-order valence-electron chi connectivity index (χ2n) is 2.84. The second-order valence-corrected chi connectivity index (χ2v) is 3.99. The lowest BCUT2D eigenvalue weighted by Gasteiger charge is -1.87. The second kappa shape index (κ2) is 7.16. The molecule has 0 atom stereocenters. The SMILES string of the molecule is CCCc1nc(C)c(C)[nH]1.[O-][I+2]([O-])O. The number of nitrogens with one attached hydrogen (secondary N) is 1. The monoisotopic (exact) mass is 314 g/mol. The van der Waals surface area contributed by atoms with Gasteiger partial charge in [0.15, 0.2) is 0 Å². The van der Waals surface area contributed by atoms with E-state index in [0.29, 0.717) is 0 Å². The van der Waals surface area contributed by atoms with Crippen LogP contribution in [0.4, 0.5) is 0 Å². The van der Waals surface area contributed by atoms with Crippen molar-refractivity contribution >= 4 is 0 Å². The normalized spacial score (nSPS) is 9.93. The first-order valence-electron chi connectivity index (χ1n) is 4.24. The number of hydrogen-bond acceptors (Lipinski definition) is 4. The molecule has 2 N–H and O–H groups in total. The summed E-state index contributed by atoms with van der Waals surface area (Å²) in [5.74, 6) is 1.12. The quantitative estimate of drug-likeness (QED) is 0.545. The summed E-state index contributed by atoms with van der Waals surface area (Å²) in [5, 5.41) is 0. The van der Waals surface area contributed by atoms with Gasteiger partial charge in [0.25, 0.3) is 0 Å². The fourth-order valence-electron chi connectivity index (χ4n) is 0.976. The fraction of sp³-hybridized carbons (Fsp3) is 0.625. The van der Waals surface area contributed by atoms with Crippen molar-refractivity contribution < 1.29 is 31.4 Å². The lowest BCUT2D eigenvalue weighted by atomic mass is 10.3. The molecule has 0 aliphatic carbocycles. The van der Waals surface area contributed by atoms with Crippen molar-refractivity contribution in [2.75, 3.05) is 0 Å². The minimum absolute atomic E-state index is 1.06. The van der Waals surface area contributed by atoms with Crippen LogP contribution in [0.1, 0.15) is 30.6 Å². The van der Waals surface area contributed by atoms with E-state index >= 15 is 0 Å². The van der Waals surface area contributed by atoms with E-state index in [4.69, 9.17) is 10.3 Å². The number of aromatic nitrogens is 2. The van der Waals surface area contributed by atoms with Crippen molar-refractivity contribution in [1.29, 1.82) is 0 Å². The van der Waals surface area contributed by atoms with E-state index < -0.39 is 21.1 Å². The molecule has 6 heteroatoms. The highest BCUT2D eigenvalue weighted by molar-refractivity contribution is 5.10. The predicted molar refractivity (Wildman–Crippen MR) is 44.3 cm³/mol. The van der Waals surface area contributed by atoms with E-state index in [-0.39, 0.29) is 0 Å². The Bertz CT molecular complexity index is 241. The average Bonchev–Trinajstić information content (AvgIpc) is 2.30. The van der Waals surface area contributed by atoms with Crippen molar-refractivity contribution in [1.82, 2.24) is 9.97 Å². The molecule has 0 saturated carbocycles. The average molecular weight is 314 g/mol. The standard InChI is InChI=1S/C8H14N2.HIO3/c1-4-5-8-9-6(2)7(3)10-8;2-1(3)4/h4-5H2,1-3H3,(H,9,10);2H. The Morgan fingerprint density at radius 3 is 2.21 bits per heavy atom. The maximum atomic E-state index is 8.68. The molecule has 1 aromatic heterocycles. The summed E-state index contributed by atoms with van der Waals surface area (Å²) >= 11 is -3.76. The van der Waals surface area contributed by atoms with Gasteiger partial charge in [-0.1, -0.05) is 6.92 Å². The molecule has 0 aromatic carbocycles. The summed E-state index contributed by atoms with van der Waals surface area (Å²) in [5.41, 5.74) is 2.33. The molecule has 1 aromatic rings. The minimum Gasteiger partial charge on any atom is -0.396 e. The van der Waals surface area contributed by atoms with Crippen LogP contribution in [0, 0.1) is 13.8 Å². The zero-order valence-corrected chi connectivity index (χ0v) is 10.7. The maximum absolute atomic E-state index is 8.68. The molecule has 1 rings (SSSR count). The molecule has 0 fully saturated rings. The van der Waals surface area contributed by atoms with E-state index in [9.17, 15) is 0 Å². The number of nitrogens with zero attached hydrogens (tertiary/aromatic N) is 1. The molecule has 82 valence electrons. The molecule has 1 heterocycles. The third-order valence-electron chi connectivity index (χ3n) is 1.66. The maximum Gasteiger partial charge on any atom is 0.503 e. The van der Waals surface area contributed by atoms with Gasteiger partial charge in [-0.15, -0.1) is 0 Å². The first-order valence-corrected chi connectivity index (χ1v) is 6.96. The Kier molecular flexibility index (Phi) is 7.06. The molecule has 0 aliphatic rings. The molecule has 0 amide bonds. The Labute approximate surface area is 92.2 Å². The van der Waals surface area contributed by atoms with Crippen molar-refractivity contribution in [2.45, 2.75) is 33.6 Å². The molecule has 0 aliphatic heterocycles. The van der Waals surface area contributed by atoms with Gasteiger partial charge in [-0.3, -0.25) is 0 Å². The molecule has 0 unspecified atom stereocenters. The van der Waals surface area contributed by atoms with Crippen LogP contribution in [0.2, 0.25) is 0 Å². The van der Waals surface area contributed by atoms with E-state index in [1.54, 1.807) is 0 Å². The number of hydrogen-bond donors (Lipinski definition) is 2. The van der Waals surface area contributed by atoms with Crippen LogP contribution in [-0.4, -0.2) is 13.4 Å². The number of halogens is 1. The summed E-state index contributed by atoms with van der Waals surface area (Å²) in [6, 6.07) is 0. The number of H-pyrrole nitrogens is 1. The van der Waals surface area contributed by atoms with Gasteiger partial charge in [-0.25, -0.2) is 4.98 Å². The van der Waals surface area contributed by atoms with E-state index in [1.807, 2.05) is 6.92 Å². The molecule has 5 nitrogen and oxygen atoms in total. The number of aryl methyl sites for hydroxylation is 3. The number of imidazole rings is 1. The largest absolute Gasteiger partial charge is 0.503 e. The van der Waals surface area contributed by atoms with Crippen LogP contribution < -0.4 is 27.9 Å². The highest BCUT2D eigenvalue weighted by Gasteiger charge is 1.99. The summed E-state index contributed by atoms with van der Waals surface area (Å²) in [4.78, 5) is 7.58. The van der Waals surface area contributed by atoms with Gasteiger partial charge in [-0.2, -0.15) is 0 Å². The molecule has 0 radical (unpaired) electrons. The minimum atomic E-state index is -3.76. The summed E-state index contributed by atoms with van der Waals surface area (Å²) in [7, 11) is 0. The van der Waals surface area contributed by atoms with Crippen LogP contribution >= 0.6 is 0 Å². The van der Waals surface area contributed by atoms with Gasteiger partial charge in [0.2, 0.25) is 0 Å². The number of rotatable bonds is 2. The Morgan fingerprint density at radius 2 is 1.93 bits per heavy atom. The van der Waals surface area contributed by atoms with Crippen LogP contribution in [0.25, 0.3) is 0 Å². The zero-order valence-electron chi connectivity index (χ0n) is 8.50. The zero-order chi connectivity index (χ0) is 11.1. The van der Waals surface area contributed by atoms with Crippen molar-refractivity contribution in [3.8, 4) is 0 Å². The number of aromatic amines is 1. The first-order chi connectivity index (χ1) is 6.47. The van der Waals surface area contributed by atoms with Crippen LogP contribution in [0.15, 0.2) is 0 Å². The summed E-state index contributed by atoms with van der Waals surface area (Å²) in [6.07, 6.45) is 2.22. The third kappa shape index (κ3) is 6.30. The molecular weight excluding hydrogens is 299 g/mol. The van der Waals surface area contributed by atoms with Crippen LogP contribution in [0.3, 0.4) is 0 Å². The van der Waals surface area contributed by atoms with E-state index in [0.717, 1.165) is 24.4 Å². The van der Waals surface area contributed by atoms with Gasteiger partial charge < -0.3 is 11.9 Å². The topological polar surface area (TPSA) is 95.0 Å². The third-order valence-corrected chi connectivity index (χ3v) is 1.66. The van der Waals surface area contributed by atoms with Gasteiger partial charge in [-0.05, 0) is 23.7 Å². The Hall–Kier alpha value is -0.180. The predicted octanol–water partition coefficient (Wildman–Crippen LogP) is -3.95. The van der Waals surface area contributed by atoms with Gasteiger partial charge >= 0.3 is 21.1 Å². The lowest BCUT2D eigenvalue weighted by molar-refractivity contribution is -1.63. The van der Waals surface area contributed by atoms with Gasteiger partial charge in [0.05, 0.1) is 5.69 Å². The Morgan fingerprint density at radius 1 is 1.43 bits per heavy atom. The van der Waals surface area contributed by atoms with E-state index in [1.165, 1.54) is 5.69 Å². The van der Waals surface area contributed by atoms with Crippen molar-refractivity contribution in [3.05, 3.63) is 17.2 Å². The highest BCUT2D eigenvalue weighted by atomic mass is 127. The first kappa shape index (κ1) is 13.8. The molecule has 14 heavy (non-hydrogen) atoms. The van der Waals surface area contributed by atoms with Crippen molar-refractivity contribution in [3.63, 3.8) is 0 Å². The van der Waals surface area contributed by atoms with Gasteiger partial charge in [0, 0.05) is 12.1 Å². The molecule has 0 spiro atoms. The summed E-state index contributed by atoms with van der Waals surface area (Å²) in [6.45, 7) is 6.25. The molecule has 0 bridgehead atoms. The van der Waals surface area contributed by atoms with Crippen molar-refractivity contribution in [2.24, 2.45) is 0 Å². The molecular formula is C8H15IN2O3. The van der Waals surface area contributed by atoms with E-state index in [2.05, 4.69) is 23.8 Å².